The second kappa shape index (κ2) is 5.85. The van der Waals surface area contributed by atoms with Crippen molar-refractivity contribution in [3.05, 3.63) is 30.1 Å². The Morgan fingerprint density at radius 2 is 2.57 bits per heavy atom. The van der Waals surface area contributed by atoms with E-state index in [0.717, 1.165) is 12.8 Å². The van der Waals surface area contributed by atoms with E-state index in [1.54, 1.807) is 24.5 Å². The maximum absolute atomic E-state index is 11.3. The van der Waals surface area contributed by atoms with Crippen LogP contribution in [-0.4, -0.2) is 17.1 Å². The van der Waals surface area contributed by atoms with Gasteiger partial charge < -0.3 is 0 Å². The highest BCUT2D eigenvalue weighted by atomic mass is 16.2. The third-order valence-electron chi connectivity index (χ3n) is 1.60. The van der Waals surface area contributed by atoms with Crippen LogP contribution in [-0.2, 0) is 0 Å². The fourth-order valence-electron chi connectivity index (χ4n) is 0.860. The van der Waals surface area contributed by atoms with Gasteiger partial charge in [-0.3, -0.25) is 9.78 Å². The van der Waals surface area contributed by atoms with Crippen molar-refractivity contribution in [3.63, 3.8) is 0 Å². The SMILES string of the molecule is CCCC=NNC(=O)c1cccnc1. The summed E-state index contributed by atoms with van der Waals surface area (Å²) < 4.78 is 0. The average molecular weight is 191 g/mol. The summed E-state index contributed by atoms with van der Waals surface area (Å²) in [5.41, 5.74) is 2.94. The van der Waals surface area contributed by atoms with E-state index in [9.17, 15) is 4.79 Å². The number of nitrogens with one attached hydrogen (secondary N) is 1. The van der Waals surface area contributed by atoms with Crippen LogP contribution in [0, 0.1) is 0 Å². The fraction of sp³-hybridized carbons (Fsp3) is 0.300. The monoisotopic (exact) mass is 191 g/mol. The lowest BCUT2D eigenvalue weighted by atomic mass is 10.3. The van der Waals surface area contributed by atoms with Crippen LogP contribution in [0.25, 0.3) is 0 Å². The van der Waals surface area contributed by atoms with Gasteiger partial charge >= 0.3 is 0 Å². The van der Waals surface area contributed by atoms with Crippen molar-refractivity contribution in [1.29, 1.82) is 0 Å². The molecule has 0 saturated carbocycles. The number of pyridine rings is 1. The second-order valence-electron chi connectivity index (χ2n) is 2.78. The minimum Gasteiger partial charge on any atom is -0.267 e. The van der Waals surface area contributed by atoms with Crippen LogP contribution >= 0.6 is 0 Å². The molecule has 1 N–H and O–H groups in total. The van der Waals surface area contributed by atoms with Crippen molar-refractivity contribution >= 4 is 12.1 Å². The normalized spacial score (nSPS) is 10.4. The Labute approximate surface area is 83.1 Å². The predicted octanol–water partition coefficient (Wildman–Crippen LogP) is 1.60. The number of hydrogen-bond donors (Lipinski definition) is 1. The van der Waals surface area contributed by atoms with E-state index in [0.29, 0.717) is 5.56 Å². The fourth-order valence-corrected chi connectivity index (χ4v) is 0.860. The molecule has 1 heterocycles. The summed E-state index contributed by atoms with van der Waals surface area (Å²) in [4.78, 5) is 15.2. The third kappa shape index (κ3) is 3.35. The van der Waals surface area contributed by atoms with E-state index in [4.69, 9.17) is 0 Å². The van der Waals surface area contributed by atoms with Crippen molar-refractivity contribution in [2.24, 2.45) is 5.10 Å². The molecule has 0 unspecified atom stereocenters. The Kier molecular flexibility index (Phi) is 4.34. The summed E-state index contributed by atoms with van der Waals surface area (Å²) in [6.07, 6.45) is 6.70. The molecule has 0 aliphatic carbocycles. The van der Waals surface area contributed by atoms with Gasteiger partial charge in [0.15, 0.2) is 0 Å². The summed E-state index contributed by atoms with van der Waals surface area (Å²) in [6, 6.07) is 3.41. The number of aromatic nitrogens is 1. The van der Waals surface area contributed by atoms with Gasteiger partial charge in [-0.25, -0.2) is 5.43 Å². The molecule has 4 nitrogen and oxygen atoms in total. The van der Waals surface area contributed by atoms with Gasteiger partial charge in [0.2, 0.25) is 0 Å². The Morgan fingerprint density at radius 1 is 1.71 bits per heavy atom. The summed E-state index contributed by atoms with van der Waals surface area (Å²) >= 11 is 0. The molecule has 0 atom stereocenters. The summed E-state index contributed by atoms with van der Waals surface area (Å²) in [7, 11) is 0. The zero-order valence-electron chi connectivity index (χ0n) is 8.10. The molecular weight excluding hydrogens is 178 g/mol. The average Bonchev–Trinajstić information content (AvgIpc) is 2.25. The van der Waals surface area contributed by atoms with E-state index in [1.165, 1.54) is 6.20 Å². The molecule has 14 heavy (non-hydrogen) atoms. The van der Waals surface area contributed by atoms with Crippen LogP contribution in [0.1, 0.15) is 30.1 Å². The van der Waals surface area contributed by atoms with Crippen LogP contribution in [0.5, 0.6) is 0 Å². The quantitative estimate of drug-likeness (QED) is 0.580. The number of unbranched alkanes of at least 4 members (excludes halogenated alkanes) is 1. The Balaban J connectivity index is 2.44. The zero-order chi connectivity index (χ0) is 10.2. The molecular formula is C10H13N3O. The van der Waals surface area contributed by atoms with Crippen LogP contribution < -0.4 is 5.43 Å². The molecule has 1 aromatic rings. The highest BCUT2D eigenvalue weighted by Crippen LogP contribution is 1.94. The van der Waals surface area contributed by atoms with Gasteiger partial charge in [-0.2, -0.15) is 5.10 Å². The maximum atomic E-state index is 11.3. The van der Waals surface area contributed by atoms with Crippen LogP contribution in [0.3, 0.4) is 0 Å². The number of nitrogens with zero attached hydrogens (tertiary/aromatic N) is 2. The first-order valence-corrected chi connectivity index (χ1v) is 4.56. The molecule has 74 valence electrons. The molecule has 0 aliphatic heterocycles. The molecule has 0 aromatic carbocycles. The number of rotatable bonds is 4. The van der Waals surface area contributed by atoms with Crippen LogP contribution in [0.4, 0.5) is 0 Å². The first kappa shape index (κ1) is 10.4. The molecule has 0 bridgehead atoms. The standard InChI is InChI=1S/C10H13N3O/c1-2-3-7-12-13-10(14)9-5-4-6-11-8-9/h4-8H,2-3H2,1H3,(H,13,14). The van der Waals surface area contributed by atoms with Crippen LogP contribution in [0.2, 0.25) is 0 Å². The van der Waals surface area contributed by atoms with E-state index >= 15 is 0 Å². The molecule has 4 heteroatoms. The van der Waals surface area contributed by atoms with Crippen molar-refractivity contribution in [1.82, 2.24) is 10.4 Å². The number of hydrazone groups is 1. The molecule has 1 amide bonds. The van der Waals surface area contributed by atoms with Crippen molar-refractivity contribution in [2.75, 3.05) is 0 Å². The van der Waals surface area contributed by atoms with Gasteiger partial charge in [0.05, 0.1) is 5.56 Å². The van der Waals surface area contributed by atoms with Crippen molar-refractivity contribution in [3.8, 4) is 0 Å². The van der Waals surface area contributed by atoms with Gasteiger partial charge in [0.25, 0.3) is 5.91 Å². The van der Waals surface area contributed by atoms with Crippen LogP contribution in [0.15, 0.2) is 29.6 Å². The van der Waals surface area contributed by atoms with Gasteiger partial charge in [0.1, 0.15) is 0 Å². The number of amides is 1. The lowest BCUT2D eigenvalue weighted by molar-refractivity contribution is 0.0954. The lowest BCUT2D eigenvalue weighted by Crippen LogP contribution is -2.17. The predicted molar refractivity (Wildman–Crippen MR) is 55.1 cm³/mol. The van der Waals surface area contributed by atoms with Gasteiger partial charge in [-0.15, -0.1) is 0 Å². The van der Waals surface area contributed by atoms with Crippen molar-refractivity contribution < 1.29 is 4.79 Å². The molecule has 0 spiro atoms. The molecule has 0 aliphatic rings. The topological polar surface area (TPSA) is 54.4 Å². The van der Waals surface area contributed by atoms with E-state index < -0.39 is 0 Å². The maximum Gasteiger partial charge on any atom is 0.272 e. The molecule has 0 fully saturated rings. The second-order valence-corrected chi connectivity index (χ2v) is 2.78. The smallest absolute Gasteiger partial charge is 0.267 e. The number of hydrogen-bond acceptors (Lipinski definition) is 3. The van der Waals surface area contributed by atoms with E-state index in [1.807, 2.05) is 0 Å². The number of carbonyl (C=O) groups excluding carboxylic acids is 1. The first-order chi connectivity index (χ1) is 6.84. The first-order valence-electron chi connectivity index (χ1n) is 4.56. The van der Waals surface area contributed by atoms with Gasteiger partial charge in [-0.05, 0) is 18.6 Å². The molecule has 0 radical (unpaired) electrons. The van der Waals surface area contributed by atoms with Gasteiger partial charge in [0, 0.05) is 18.6 Å². The highest BCUT2D eigenvalue weighted by molar-refractivity contribution is 5.93. The molecule has 1 aromatic heterocycles. The Morgan fingerprint density at radius 3 is 3.21 bits per heavy atom. The summed E-state index contributed by atoms with van der Waals surface area (Å²) in [5, 5.41) is 3.79. The van der Waals surface area contributed by atoms with E-state index in [2.05, 4.69) is 22.4 Å². The van der Waals surface area contributed by atoms with Gasteiger partial charge in [-0.1, -0.05) is 13.3 Å². The minimum absolute atomic E-state index is 0.231. The highest BCUT2D eigenvalue weighted by Gasteiger charge is 2.01. The minimum atomic E-state index is -0.231. The Hall–Kier alpha value is -1.71. The summed E-state index contributed by atoms with van der Waals surface area (Å²) in [5.74, 6) is -0.231. The third-order valence-corrected chi connectivity index (χ3v) is 1.60. The summed E-state index contributed by atoms with van der Waals surface area (Å²) in [6.45, 7) is 2.05. The molecule has 1 rings (SSSR count). The van der Waals surface area contributed by atoms with Crippen molar-refractivity contribution in [2.45, 2.75) is 19.8 Å². The largest absolute Gasteiger partial charge is 0.272 e. The van der Waals surface area contributed by atoms with E-state index in [-0.39, 0.29) is 5.91 Å². The lowest BCUT2D eigenvalue weighted by Gasteiger charge is -1.97. The zero-order valence-corrected chi connectivity index (χ0v) is 8.10. The molecule has 0 saturated heterocycles. The Bertz CT molecular complexity index is 308. The number of carbonyl (C=O) groups is 1.